The standard InChI is InChI=1S/C11H16N2O4/c1-2-17-11(16)10(15)9(14)6-3-4-7(12)8(13)5-6/h3-5,9-10,14-15H,2,12-13H2,1H3. The lowest BCUT2D eigenvalue weighted by molar-refractivity contribution is -0.159. The van der Waals surface area contributed by atoms with Crippen molar-refractivity contribution in [2.75, 3.05) is 18.1 Å². The van der Waals surface area contributed by atoms with Gasteiger partial charge < -0.3 is 26.4 Å². The van der Waals surface area contributed by atoms with Gasteiger partial charge in [-0.15, -0.1) is 0 Å². The molecule has 6 nitrogen and oxygen atoms in total. The van der Waals surface area contributed by atoms with Gasteiger partial charge in [0.2, 0.25) is 0 Å². The number of carbonyl (C=O) groups excluding carboxylic acids is 1. The van der Waals surface area contributed by atoms with Crippen molar-refractivity contribution in [3.63, 3.8) is 0 Å². The SMILES string of the molecule is CCOC(=O)C(O)C(O)c1ccc(N)c(N)c1. The Morgan fingerprint density at radius 3 is 2.53 bits per heavy atom. The van der Waals surface area contributed by atoms with Crippen molar-refractivity contribution in [3.8, 4) is 0 Å². The van der Waals surface area contributed by atoms with E-state index < -0.39 is 18.2 Å². The maximum absolute atomic E-state index is 11.2. The number of ether oxygens (including phenoxy) is 1. The molecule has 1 rings (SSSR count). The number of hydrogen-bond donors (Lipinski definition) is 4. The van der Waals surface area contributed by atoms with Crippen molar-refractivity contribution in [1.29, 1.82) is 0 Å². The second-order valence-electron chi connectivity index (χ2n) is 3.53. The molecule has 0 heterocycles. The average molecular weight is 240 g/mol. The molecule has 0 aromatic heterocycles. The number of hydrogen-bond acceptors (Lipinski definition) is 6. The summed E-state index contributed by atoms with van der Waals surface area (Å²) in [5.74, 6) is -0.879. The highest BCUT2D eigenvalue weighted by atomic mass is 16.5. The van der Waals surface area contributed by atoms with Crippen molar-refractivity contribution in [3.05, 3.63) is 23.8 Å². The Kier molecular flexibility index (Phi) is 4.30. The third kappa shape index (κ3) is 3.08. The van der Waals surface area contributed by atoms with Crippen LogP contribution in [0.1, 0.15) is 18.6 Å². The summed E-state index contributed by atoms with van der Waals surface area (Å²) in [6.45, 7) is 1.74. The van der Waals surface area contributed by atoms with Crippen molar-refractivity contribution in [2.45, 2.75) is 19.1 Å². The Hall–Kier alpha value is -1.79. The molecule has 0 fully saturated rings. The number of aliphatic hydroxyl groups excluding tert-OH is 2. The smallest absolute Gasteiger partial charge is 0.338 e. The molecule has 94 valence electrons. The van der Waals surface area contributed by atoms with Crippen LogP contribution in [0.4, 0.5) is 11.4 Å². The van der Waals surface area contributed by atoms with Crippen LogP contribution in [-0.4, -0.2) is 28.9 Å². The molecule has 2 atom stereocenters. The van der Waals surface area contributed by atoms with Gasteiger partial charge in [-0.05, 0) is 24.6 Å². The molecule has 0 saturated heterocycles. The van der Waals surface area contributed by atoms with E-state index in [1.807, 2.05) is 0 Å². The molecule has 0 amide bonds. The number of nitrogens with two attached hydrogens (primary N) is 2. The first-order valence-electron chi connectivity index (χ1n) is 5.15. The summed E-state index contributed by atoms with van der Waals surface area (Å²) >= 11 is 0. The van der Waals surface area contributed by atoms with E-state index >= 15 is 0 Å². The third-order valence-corrected chi connectivity index (χ3v) is 2.28. The van der Waals surface area contributed by atoms with E-state index in [-0.39, 0.29) is 12.3 Å². The van der Waals surface area contributed by atoms with Crippen LogP contribution < -0.4 is 11.5 Å². The zero-order chi connectivity index (χ0) is 13.0. The van der Waals surface area contributed by atoms with Crippen molar-refractivity contribution >= 4 is 17.3 Å². The average Bonchev–Trinajstić information content (AvgIpc) is 2.31. The maximum atomic E-state index is 11.2. The zero-order valence-corrected chi connectivity index (χ0v) is 9.46. The summed E-state index contributed by atoms with van der Waals surface area (Å²) in [6, 6.07) is 4.38. The Morgan fingerprint density at radius 1 is 1.35 bits per heavy atom. The Labute approximate surface area is 98.8 Å². The predicted octanol–water partition coefficient (Wildman–Crippen LogP) is -0.192. The molecular weight excluding hydrogens is 224 g/mol. The van der Waals surface area contributed by atoms with E-state index in [2.05, 4.69) is 4.74 Å². The lowest BCUT2D eigenvalue weighted by Gasteiger charge is -2.17. The molecular formula is C11H16N2O4. The fourth-order valence-electron chi connectivity index (χ4n) is 1.32. The number of aliphatic hydroxyl groups is 2. The van der Waals surface area contributed by atoms with Crippen molar-refractivity contribution < 1.29 is 19.7 Å². The van der Waals surface area contributed by atoms with Crippen LogP contribution in [0.15, 0.2) is 18.2 Å². The lowest BCUT2D eigenvalue weighted by Crippen LogP contribution is -2.29. The molecule has 1 aromatic rings. The maximum Gasteiger partial charge on any atom is 0.338 e. The van der Waals surface area contributed by atoms with Gasteiger partial charge in [0, 0.05) is 0 Å². The van der Waals surface area contributed by atoms with Crippen LogP contribution in [0.5, 0.6) is 0 Å². The molecule has 0 radical (unpaired) electrons. The quantitative estimate of drug-likeness (QED) is 0.428. The van der Waals surface area contributed by atoms with Gasteiger partial charge in [0.25, 0.3) is 0 Å². The molecule has 6 heteroatoms. The number of benzene rings is 1. The third-order valence-electron chi connectivity index (χ3n) is 2.28. The highest BCUT2D eigenvalue weighted by Gasteiger charge is 2.27. The van der Waals surface area contributed by atoms with E-state index in [1.54, 1.807) is 6.92 Å². The molecule has 0 aliphatic carbocycles. The number of anilines is 2. The normalized spacial score (nSPS) is 14.1. The molecule has 2 unspecified atom stereocenters. The molecule has 0 aliphatic heterocycles. The van der Waals surface area contributed by atoms with E-state index in [9.17, 15) is 15.0 Å². The highest BCUT2D eigenvalue weighted by molar-refractivity contribution is 5.75. The predicted molar refractivity (Wildman–Crippen MR) is 62.9 cm³/mol. The van der Waals surface area contributed by atoms with E-state index in [0.717, 1.165) is 0 Å². The molecule has 0 aliphatic rings. The van der Waals surface area contributed by atoms with Gasteiger partial charge in [0.05, 0.1) is 18.0 Å². The Bertz CT molecular complexity index is 408. The van der Waals surface area contributed by atoms with Crippen LogP contribution in [0.25, 0.3) is 0 Å². The molecule has 0 spiro atoms. The largest absolute Gasteiger partial charge is 0.464 e. The summed E-state index contributed by atoms with van der Waals surface area (Å²) in [4.78, 5) is 11.2. The van der Waals surface area contributed by atoms with Gasteiger partial charge in [0.1, 0.15) is 6.10 Å². The molecule has 0 saturated carbocycles. The van der Waals surface area contributed by atoms with Crippen LogP contribution in [0, 0.1) is 0 Å². The molecule has 6 N–H and O–H groups in total. The molecule has 1 aromatic carbocycles. The number of nitrogen functional groups attached to an aromatic ring is 2. The summed E-state index contributed by atoms with van der Waals surface area (Å²) in [5, 5.41) is 19.3. The van der Waals surface area contributed by atoms with Gasteiger partial charge in [-0.3, -0.25) is 0 Å². The monoisotopic (exact) mass is 240 g/mol. The first-order valence-corrected chi connectivity index (χ1v) is 5.15. The van der Waals surface area contributed by atoms with Crippen LogP contribution in [0.2, 0.25) is 0 Å². The van der Waals surface area contributed by atoms with Crippen LogP contribution >= 0.6 is 0 Å². The summed E-state index contributed by atoms with van der Waals surface area (Å²) in [5.41, 5.74) is 12.0. The minimum absolute atomic E-state index is 0.131. The first-order chi connectivity index (χ1) is 7.97. The van der Waals surface area contributed by atoms with Crippen LogP contribution in [0.3, 0.4) is 0 Å². The van der Waals surface area contributed by atoms with Gasteiger partial charge in [-0.1, -0.05) is 6.07 Å². The fourth-order valence-corrected chi connectivity index (χ4v) is 1.32. The summed E-state index contributed by atoms with van der Waals surface area (Å²) in [6.07, 6.45) is -3.03. The zero-order valence-electron chi connectivity index (χ0n) is 9.46. The van der Waals surface area contributed by atoms with E-state index in [0.29, 0.717) is 11.3 Å². The summed E-state index contributed by atoms with van der Waals surface area (Å²) < 4.78 is 4.60. The van der Waals surface area contributed by atoms with Gasteiger partial charge in [0.15, 0.2) is 6.10 Å². The van der Waals surface area contributed by atoms with Gasteiger partial charge in [-0.25, -0.2) is 4.79 Å². The van der Waals surface area contributed by atoms with Gasteiger partial charge in [-0.2, -0.15) is 0 Å². The number of carbonyl (C=O) groups is 1. The first kappa shape index (κ1) is 13.3. The Morgan fingerprint density at radius 2 is 2.00 bits per heavy atom. The second-order valence-corrected chi connectivity index (χ2v) is 3.53. The lowest BCUT2D eigenvalue weighted by atomic mass is 10.0. The topological polar surface area (TPSA) is 119 Å². The second kappa shape index (κ2) is 5.51. The van der Waals surface area contributed by atoms with Crippen LogP contribution in [-0.2, 0) is 9.53 Å². The van der Waals surface area contributed by atoms with Gasteiger partial charge >= 0.3 is 5.97 Å². The summed E-state index contributed by atoms with van der Waals surface area (Å²) in [7, 11) is 0. The van der Waals surface area contributed by atoms with Crippen molar-refractivity contribution in [1.82, 2.24) is 0 Å². The highest BCUT2D eigenvalue weighted by Crippen LogP contribution is 2.23. The van der Waals surface area contributed by atoms with Crippen molar-refractivity contribution in [2.24, 2.45) is 0 Å². The fraction of sp³-hybridized carbons (Fsp3) is 0.364. The Balaban J connectivity index is 2.84. The van der Waals surface area contributed by atoms with E-state index in [1.165, 1.54) is 18.2 Å². The molecule has 17 heavy (non-hydrogen) atoms. The minimum Gasteiger partial charge on any atom is -0.464 e. The number of esters is 1. The van der Waals surface area contributed by atoms with E-state index in [4.69, 9.17) is 11.5 Å². The number of rotatable bonds is 4. The molecule has 0 bridgehead atoms. The minimum atomic E-state index is -1.64.